The van der Waals surface area contributed by atoms with Crippen molar-refractivity contribution in [1.82, 2.24) is 0 Å². The normalized spacial score (nSPS) is 10.0. The number of methoxy groups -OCH3 is 1. The van der Waals surface area contributed by atoms with E-state index in [9.17, 15) is 4.79 Å². The molecule has 0 aliphatic heterocycles. The Kier molecular flexibility index (Phi) is 4.03. The first kappa shape index (κ1) is 13.4. The van der Waals surface area contributed by atoms with E-state index >= 15 is 0 Å². The van der Waals surface area contributed by atoms with Crippen molar-refractivity contribution < 1.29 is 9.53 Å². The number of hydrogen-bond donors (Lipinski definition) is 0. The number of halogens is 1. The molecule has 0 atom stereocenters. The zero-order valence-corrected chi connectivity index (χ0v) is 11.3. The molecule has 2 nitrogen and oxygen atoms in total. The average molecular weight is 273 g/mol. The molecule has 0 amide bonds. The third kappa shape index (κ3) is 2.85. The summed E-state index contributed by atoms with van der Waals surface area (Å²) in [6.07, 6.45) is 0. The van der Waals surface area contributed by atoms with Crippen molar-refractivity contribution in [1.29, 1.82) is 0 Å². The minimum Gasteiger partial charge on any atom is -0.465 e. The minimum absolute atomic E-state index is 0.376. The van der Waals surface area contributed by atoms with Gasteiger partial charge in [0.2, 0.25) is 0 Å². The molecule has 0 N–H and O–H groups in total. The van der Waals surface area contributed by atoms with Gasteiger partial charge in [0.15, 0.2) is 0 Å². The van der Waals surface area contributed by atoms with Crippen LogP contribution in [0.1, 0.15) is 21.5 Å². The van der Waals surface area contributed by atoms with Crippen LogP contribution in [-0.2, 0) is 4.74 Å². The molecule has 0 saturated heterocycles. The number of benzene rings is 2. The second-order valence-corrected chi connectivity index (χ2v) is 4.46. The number of ether oxygens (including phenoxy) is 1. The van der Waals surface area contributed by atoms with Crippen LogP contribution in [0, 0.1) is 0 Å². The number of rotatable bonds is 3. The fraction of sp³-hybridized carbons (Fsp3) is 0.0625. The lowest BCUT2D eigenvalue weighted by atomic mass is 9.95. The molecule has 0 heterocycles. The maximum absolute atomic E-state index is 11.7. The van der Waals surface area contributed by atoms with Crippen molar-refractivity contribution >= 4 is 23.1 Å². The van der Waals surface area contributed by atoms with Gasteiger partial charge in [0, 0.05) is 5.02 Å². The number of carbonyl (C=O) groups excluding carboxylic acids is 1. The molecular weight excluding hydrogens is 260 g/mol. The van der Waals surface area contributed by atoms with Crippen molar-refractivity contribution in [2.24, 2.45) is 0 Å². The fourth-order valence-electron chi connectivity index (χ4n) is 1.87. The largest absolute Gasteiger partial charge is 0.465 e. The smallest absolute Gasteiger partial charge is 0.338 e. The van der Waals surface area contributed by atoms with Crippen LogP contribution < -0.4 is 0 Å². The third-order valence-corrected chi connectivity index (χ3v) is 3.07. The third-order valence-electron chi connectivity index (χ3n) is 2.83. The van der Waals surface area contributed by atoms with Crippen LogP contribution in [-0.4, -0.2) is 13.1 Å². The Hall–Kier alpha value is -2.06. The van der Waals surface area contributed by atoms with Gasteiger partial charge in [-0.2, -0.15) is 0 Å². The first-order valence-corrected chi connectivity index (χ1v) is 6.14. The summed E-state index contributed by atoms with van der Waals surface area (Å²) in [6.45, 7) is 4.05. The lowest BCUT2D eigenvalue weighted by molar-refractivity contribution is 0.0600. The standard InChI is InChI=1S/C16H13ClO2/c1-11(12-6-5-7-13(17)10-12)14-8-3-4-9-15(14)16(18)19-2/h3-10H,1H2,2H3. The first-order valence-electron chi connectivity index (χ1n) is 5.76. The van der Waals surface area contributed by atoms with Crippen molar-refractivity contribution in [2.75, 3.05) is 7.11 Å². The second-order valence-electron chi connectivity index (χ2n) is 4.03. The van der Waals surface area contributed by atoms with E-state index in [4.69, 9.17) is 16.3 Å². The van der Waals surface area contributed by atoms with Gasteiger partial charge in [0.25, 0.3) is 0 Å². The highest BCUT2D eigenvalue weighted by Gasteiger charge is 2.14. The van der Waals surface area contributed by atoms with Crippen LogP contribution in [0.15, 0.2) is 55.1 Å². The van der Waals surface area contributed by atoms with Crippen LogP contribution in [0.25, 0.3) is 5.57 Å². The number of hydrogen-bond acceptors (Lipinski definition) is 2. The van der Waals surface area contributed by atoms with Crippen molar-refractivity contribution in [3.63, 3.8) is 0 Å². The first-order chi connectivity index (χ1) is 9.13. The number of esters is 1. The quantitative estimate of drug-likeness (QED) is 0.783. The Labute approximate surface area is 117 Å². The van der Waals surface area contributed by atoms with Crippen molar-refractivity contribution in [2.45, 2.75) is 0 Å². The highest BCUT2D eigenvalue weighted by Crippen LogP contribution is 2.26. The molecular formula is C16H13ClO2. The fourth-order valence-corrected chi connectivity index (χ4v) is 2.06. The molecule has 0 saturated carbocycles. The van der Waals surface area contributed by atoms with Gasteiger partial charge in [-0.15, -0.1) is 0 Å². The van der Waals surface area contributed by atoms with Crippen molar-refractivity contribution in [3.8, 4) is 0 Å². The predicted molar refractivity (Wildman–Crippen MR) is 77.4 cm³/mol. The molecule has 0 aliphatic rings. The van der Waals surface area contributed by atoms with E-state index in [-0.39, 0.29) is 5.97 Å². The van der Waals surface area contributed by atoms with Crippen molar-refractivity contribution in [3.05, 3.63) is 76.8 Å². The molecule has 2 rings (SSSR count). The Bertz CT molecular complexity index is 632. The Morgan fingerprint density at radius 1 is 1.11 bits per heavy atom. The summed E-state index contributed by atoms with van der Waals surface area (Å²) < 4.78 is 4.78. The monoisotopic (exact) mass is 272 g/mol. The van der Waals surface area contributed by atoms with Crippen LogP contribution in [0.2, 0.25) is 5.02 Å². The van der Waals surface area contributed by atoms with E-state index in [2.05, 4.69) is 6.58 Å². The van der Waals surface area contributed by atoms with Crippen LogP contribution >= 0.6 is 11.6 Å². The van der Waals surface area contributed by atoms with Gasteiger partial charge >= 0.3 is 5.97 Å². The minimum atomic E-state index is -0.376. The molecule has 0 aromatic heterocycles. The zero-order valence-electron chi connectivity index (χ0n) is 10.5. The van der Waals surface area contributed by atoms with Crippen LogP contribution in [0.4, 0.5) is 0 Å². The Balaban J connectivity index is 2.47. The molecule has 2 aromatic carbocycles. The SMILES string of the molecule is C=C(c1cccc(Cl)c1)c1ccccc1C(=O)OC. The van der Waals surface area contributed by atoms with Gasteiger partial charge in [-0.1, -0.05) is 48.5 Å². The molecule has 0 bridgehead atoms. The summed E-state index contributed by atoms with van der Waals surface area (Å²) in [6, 6.07) is 14.6. The summed E-state index contributed by atoms with van der Waals surface area (Å²) in [4.78, 5) is 11.7. The van der Waals surface area contributed by atoms with Gasteiger partial charge in [-0.25, -0.2) is 4.79 Å². The molecule has 0 aliphatic carbocycles. The van der Waals surface area contributed by atoms with Crippen LogP contribution in [0.3, 0.4) is 0 Å². The van der Waals surface area contributed by atoms with Gasteiger partial charge in [-0.3, -0.25) is 0 Å². The summed E-state index contributed by atoms with van der Waals surface area (Å²) in [5.74, 6) is -0.376. The number of carbonyl (C=O) groups is 1. The molecule has 19 heavy (non-hydrogen) atoms. The molecule has 0 fully saturated rings. The van der Waals surface area contributed by atoms with E-state index in [0.29, 0.717) is 10.6 Å². The van der Waals surface area contributed by atoms with Gasteiger partial charge in [0.05, 0.1) is 12.7 Å². The topological polar surface area (TPSA) is 26.3 Å². The summed E-state index contributed by atoms with van der Waals surface area (Å²) in [7, 11) is 1.36. The average Bonchev–Trinajstić information content (AvgIpc) is 2.45. The molecule has 3 heteroatoms. The highest BCUT2D eigenvalue weighted by molar-refractivity contribution is 6.30. The molecule has 0 spiro atoms. The maximum atomic E-state index is 11.7. The summed E-state index contributed by atoms with van der Waals surface area (Å²) in [5, 5.41) is 0.634. The molecule has 96 valence electrons. The van der Waals surface area contributed by atoms with Gasteiger partial charge < -0.3 is 4.74 Å². The van der Waals surface area contributed by atoms with E-state index in [1.807, 2.05) is 30.3 Å². The molecule has 2 aromatic rings. The summed E-state index contributed by atoms with van der Waals surface area (Å²) in [5.41, 5.74) is 2.86. The predicted octanol–water partition coefficient (Wildman–Crippen LogP) is 4.19. The summed E-state index contributed by atoms with van der Waals surface area (Å²) >= 11 is 5.97. The second kappa shape index (κ2) is 5.72. The maximum Gasteiger partial charge on any atom is 0.338 e. The van der Waals surface area contributed by atoms with Gasteiger partial charge in [0.1, 0.15) is 0 Å². The van der Waals surface area contributed by atoms with Gasteiger partial charge in [-0.05, 0) is 34.9 Å². The highest BCUT2D eigenvalue weighted by atomic mass is 35.5. The van der Waals surface area contributed by atoms with E-state index in [1.54, 1.807) is 18.2 Å². The van der Waals surface area contributed by atoms with E-state index in [1.165, 1.54) is 7.11 Å². The molecule has 0 unspecified atom stereocenters. The lowest BCUT2D eigenvalue weighted by Crippen LogP contribution is -2.05. The molecule has 0 radical (unpaired) electrons. The van der Waals surface area contributed by atoms with E-state index < -0.39 is 0 Å². The lowest BCUT2D eigenvalue weighted by Gasteiger charge is -2.11. The Morgan fingerprint density at radius 3 is 2.42 bits per heavy atom. The zero-order chi connectivity index (χ0) is 13.8. The van der Waals surface area contributed by atoms with E-state index in [0.717, 1.165) is 16.7 Å². The van der Waals surface area contributed by atoms with Crippen LogP contribution in [0.5, 0.6) is 0 Å². The Morgan fingerprint density at radius 2 is 1.79 bits per heavy atom.